The molecule has 3 heteroatoms. The number of nitriles is 1. The first-order chi connectivity index (χ1) is 7.95. The normalized spacial score (nSPS) is 23.8. The van der Waals surface area contributed by atoms with E-state index in [-0.39, 0.29) is 0 Å². The summed E-state index contributed by atoms with van der Waals surface area (Å²) in [5, 5.41) is 9.07. The largest absolute Gasteiger partial charge is 0.368 e. The molecule has 0 spiro atoms. The second-order valence-electron chi connectivity index (χ2n) is 5.19. The van der Waals surface area contributed by atoms with Gasteiger partial charge in [0, 0.05) is 18.8 Å². The Kier molecular flexibility index (Phi) is 2.84. The molecule has 1 aliphatic heterocycles. The highest BCUT2D eigenvalue weighted by atomic mass is 15.2. The van der Waals surface area contributed by atoms with E-state index < -0.39 is 5.54 Å². The molecule has 1 atom stereocenters. The Morgan fingerprint density at radius 2 is 1.88 bits per heavy atom. The van der Waals surface area contributed by atoms with Gasteiger partial charge >= 0.3 is 0 Å². The summed E-state index contributed by atoms with van der Waals surface area (Å²) >= 11 is 0. The van der Waals surface area contributed by atoms with Crippen LogP contribution in [0.5, 0.6) is 0 Å². The van der Waals surface area contributed by atoms with Crippen LogP contribution < -0.4 is 10.6 Å². The molecule has 1 aromatic rings. The van der Waals surface area contributed by atoms with Gasteiger partial charge in [0.05, 0.1) is 6.07 Å². The zero-order valence-electron chi connectivity index (χ0n) is 10.7. The Morgan fingerprint density at radius 1 is 1.29 bits per heavy atom. The summed E-state index contributed by atoms with van der Waals surface area (Å²) in [6, 6.07) is 6.60. The van der Waals surface area contributed by atoms with Crippen LogP contribution >= 0.6 is 0 Å². The third kappa shape index (κ3) is 2.13. The van der Waals surface area contributed by atoms with Crippen molar-refractivity contribution in [3.8, 4) is 6.07 Å². The minimum atomic E-state index is -0.677. The van der Waals surface area contributed by atoms with E-state index in [1.54, 1.807) is 0 Å². The van der Waals surface area contributed by atoms with Gasteiger partial charge in [-0.2, -0.15) is 5.26 Å². The molecular weight excluding hydrogens is 210 g/mol. The van der Waals surface area contributed by atoms with Gasteiger partial charge in [0.1, 0.15) is 5.54 Å². The molecule has 0 aliphatic carbocycles. The lowest BCUT2D eigenvalue weighted by Gasteiger charge is -2.24. The van der Waals surface area contributed by atoms with E-state index in [1.807, 2.05) is 0 Å². The standard InChI is InChI=1S/C14H19N3/c1-10-6-11(2)13(12(3)7-10)17-5-4-14(16,8-15)9-17/h6-7H,4-5,9,16H2,1-3H3. The minimum Gasteiger partial charge on any atom is -0.368 e. The Hall–Kier alpha value is -1.53. The van der Waals surface area contributed by atoms with E-state index in [2.05, 4.69) is 43.9 Å². The van der Waals surface area contributed by atoms with Crippen LogP contribution in [0.2, 0.25) is 0 Å². The maximum Gasteiger partial charge on any atom is 0.123 e. The fourth-order valence-electron chi connectivity index (χ4n) is 2.79. The number of hydrogen-bond acceptors (Lipinski definition) is 3. The molecule has 0 radical (unpaired) electrons. The monoisotopic (exact) mass is 229 g/mol. The minimum absolute atomic E-state index is 0.633. The Balaban J connectivity index is 2.35. The van der Waals surface area contributed by atoms with Gasteiger partial charge < -0.3 is 10.6 Å². The molecule has 1 fully saturated rings. The summed E-state index contributed by atoms with van der Waals surface area (Å²) in [6.45, 7) is 7.86. The molecule has 0 aromatic heterocycles. The highest BCUT2D eigenvalue weighted by Gasteiger charge is 2.35. The maximum absolute atomic E-state index is 9.07. The molecule has 2 rings (SSSR count). The first kappa shape index (κ1) is 11.9. The van der Waals surface area contributed by atoms with Crippen LogP contribution in [0.4, 0.5) is 5.69 Å². The van der Waals surface area contributed by atoms with Crippen LogP contribution in [-0.2, 0) is 0 Å². The number of hydrogen-bond donors (Lipinski definition) is 1. The maximum atomic E-state index is 9.07. The lowest BCUT2D eigenvalue weighted by atomic mass is 10.0. The van der Waals surface area contributed by atoms with Crippen molar-refractivity contribution < 1.29 is 0 Å². The molecule has 1 unspecified atom stereocenters. The van der Waals surface area contributed by atoms with Crippen LogP contribution in [0.1, 0.15) is 23.1 Å². The lowest BCUT2D eigenvalue weighted by Crippen LogP contribution is -2.41. The fraction of sp³-hybridized carbons (Fsp3) is 0.500. The molecule has 1 heterocycles. The summed E-state index contributed by atoms with van der Waals surface area (Å²) in [4.78, 5) is 2.24. The average Bonchev–Trinajstić information content (AvgIpc) is 2.60. The Morgan fingerprint density at radius 3 is 2.35 bits per heavy atom. The number of benzene rings is 1. The van der Waals surface area contributed by atoms with Gasteiger partial charge in [-0.3, -0.25) is 0 Å². The van der Waals surface area contributed by atoms with Gasteiger partial charge in [-0.1, -0.05) is 17.7 Å². The van der Waals surface area contributed by atoms with Crippen molar-refractivity contribution in [1.29, 1.82) is 5.26 Å². The van der Waals surface area contributed by atoms with Gasteiger partial charge in [0.2, 0.25) is 0 Å². The van der Waals surface area contributed by atoms with Crippen molar-refractivity contribution >= 4 is 5.69 Å². The molecule has 90 valence electrons. The van der Waals surface area contributed by atoms with Crippen LogP contribution in [0.15, 0.2) is 12.1 Å². The third-order valence-electron chi connectivity index (χ3n) is 3.48. The molecule has 0 saturated carbocycles. The zero-order valence-corrected chi connectivity index (χ0v) is 10.7. The van der Waals surface area contributed by atoms with E-state index in [9.17, 15) is 0 Å². The van der Waals surface area contributed by atoms with Crippen molar-refractivity contribution in [3.63, 3.8) is 0 Å². The van der Waals surface area contributed by atoms with Gasteiger partial charge in [-0.25, -0.2) is 0 Å². The van der Waals surface area contributed by atoms with Crippen molar-refractivity contribution in [3.05, 3.63) is 28.8 Å². The number of aryl methyl sites for hydroxylation is 3. The van der Waals surface area contributed by atoms with Gasteiger partial charge in [0.15, 0.2) is 0 Å². The van der Waals surface area contributed by atoms with E-state index in [0.717, 1.165) is 13.0 Å². The number of nitrogens with two attached hydrogens (primary N) is 1. The van der Waals surface area contributed by atoms with Crippen LogP contribution in [0.3, 0.4) is 0 Å². The van der Waals surface area contributed by atoms with Gasteiger partial charge in [0.25, 0.3) is 0 Å². The smallest absolute Gasteiger partial charge is 0.123 e. The lowest BCUT2D eigenvalue weighted by molar-refractivity contribution is 0.606. The average molecular weight is 229 g/mol. The van der Waals surface area contributed by atoms with Crippen LogP contribution in [0.25, 0.3) is 0 Å². The predicted molar refractivity (Wildman–Crippen MR) is 70.0 cm³/mol. The van der Waals surface area contributed by atoms with Crippen molar-refractivity contribution in [2.75, 3.05) is 18.0 Å². The summed E-state index contributed by atoms with van der Waals surface area (Å²) < 4.78 is 0. The number of anilines is 1. The summed E-state index contributed by atoms with van der Waals surface area (Å²) in [6.07, 6.45) is 0.746. The van der Waals surface area contributed by atoms with E-state index in [0.29, 0.717) is 6.54 Å². The van der Waals surface area contributed by atoms with E-state index in [1.165, 1.54) is 22.4 Å². The molecule has 0 amide bonds. The summed E-state index contributed by atoms with van der Waals surface area (Å²) in [5.74, 6) is 0. The Labute approximate surface area is 103 Å². The molecule has 1 saturated heterocycles. The highest BCUT2D eigenvalue weighted by Crippen LogP contribution is 2.31. The van der Waals surface area contributed by atoms with Crippen LogP contribution in [0, 0.1) is 32.1 Å². The second-order valence-corrected chi connectivity index (χ2v) is 5.19. The fourth-order valence-corrected chi connectivity index (χ4v) is 2.79. The quantitative estimate of drug-likeness (QED) is 0.801. The summed E-state index contributed by atoms with van der Waals surface area (Å²) in [7, 11) is 0. The van der Waals surface area contributed by atoms with E-state index in [4.69, 9.17) is 11.0 Å². The molecule has 2 N–H and O–H groups in total. The topological polar surface area (TPSA) is 53.0 Å². The number of rotatable bonds is 1. The SMILES string of the molecule is Cc1cc(C)c(N2CCC(N)(C#N)C2)c(C)c1. The van der Waals surface area contributed by atoms with Crippen molar-refractivity contribution in [2.45, 2.75) is 32.7 Å². The van der Waals surface area contributed by atoms with Gasteiger partial charge in [-0.05, 0) is 38.3 Å². The zero-order chi connectivity index (χ0) is 12.6. The first-order valence-corrected chi connectivity index (χ1v) is 5.98. The molecule has 1 aromatic carbocycles. The predicted octanol–water partition coefficient (Wildman–Crippen LogP) is 2.04. The first-order valence-electron chi connectivity index (χ1n) is 5.98. The molecule has 3 nitrogen and oxygen atoms in total. The molecular formula is C14H19N3. The Bertz CT molecular complexity index is 464. The van der Waals surface area contributed by atoms with Crippen LogP contribution in [-0.4, -0.2) is 18.6 Å². The molecule has 0 bridgehead atoms. The molecule has 17 heavy (non-hydrogen) atoms. The van der Waals surface area contributed by atoms with Crippen molar-refractivity contribution in [2.24, 2.45) is 5.73 Å². The number of nitrogens with zero attached hydrogens (tertiary/aromatic N) is 2. The van der Waals surface area contributed by atoms with Crippen molar-refractivity contribution in [1.82, 2.24) is 0 Å². The highest BCUT2D eigenvalue weighted by molar-refractivity contribution is 5.61. The van der Waals surface area contributed by atoms with E-state index >= 15 is 0 Å². The second kappa shape index (κ2) is 4.05. The molecule has 1 aliphatic rings. The third-order valence-corrected chi connectivity index (χ3v) is 3.48. The van der Waals surface area contributed by atoms with Gasteiger partial charge in [-0.15, -0.1) is 0 Å². The summed E-state index contributed by atoms with van der Waals surface area (Å²) in [5.41, 5.74) is 10.4.